The Kier molecular flexibility index (Phi) is 13.0. The molecule has 0 heterocycles. The second-order valence-electron chi connectivity index (χ2n) is 10.4. The van der Waals surface area contributed by atoms with Crippen molar-refractivity contribution in [3.8, 4) is 11.5 Å². The number of aromatic hydroxyl groups is 1. The molecule has 0 unspecified atom stereocenters. The first-order chi connectivity index (χ1) is 21.9. The molecule has 0 bridgehead atoms. The van der Waals surface area contributed by atoms with Crippen molar-refractivity contribution in [3.63, 3.8) is 0 Å². The summed E-state index contributed by atoms with van der Waals surface area (Å²) in [4.78, 5) is 63.2. The Labute approximate surface area is 265 Å². The average Bonchev–Trinajstić information content (AvgIpc) is 3.04. The highest BCUT2D eigenvalue weighted by Gasteiger charge is 2.24. The zero-order valence-electron chi connectivity index (χ0n) is 25.3. The lowest BCUT2D eigenvalue weighted by Crippen LogP contribution is -2.54. The van der Waals surface area contributed by atoms with E-state index in [0.717, 1.165) is 0 Å². The minimum absolute atomic E-state index is 0.0305. The van der Waals surface area contributed by atoms with Crippen LogP contribution in [0.3, 0.4) is 0 Å². The van der Waals surface area contributed by atoms with Crippen molar-refractivity contribution < 1.29 is 38.2 Å². The van der Waals surface area contributed by atoms with E-state index in [9.17, 15) is 33.5 Å². The quantitative estimate of drug-likeness (QED) is 0.125. The molecule has 0 radical (unpaired) electrons. The van der Waals surface area contributed by atoms with Gasteiger partial charge in [0, 0.05) is 12.1 Å². The van der Waals surface area contributed by atoms with Gasteiger partial charge >= 0.3 is 0 Å². The number of ether oxygens (including phenoxy) is 1. The van der Waals surface area contributed by atoms with Crippen LogP contribution >= 0.6 is 0 Å². The topological polar surface area (TPSA) is 201 Å². The van der Waals surface area contributed by atoms with Crippen LogP contribution in [0.2, 0.25) is 0 Å². The number of rotatable bonds is 15. The highest BCUT2D eigenvalue weighted by atomic mass is 19.1. The number of nitrogens with two attached hydrogens (primary N) is 1. The molecule has 244 valence electrons. The minimum atomic E-state index is -1.17. The molecular formula is C32H37FN6O7. The molecular weight excluding hydrogens is 599 g/mol. The van der Waals surface area contributed by atoms with Crippen molar-refractivity contribution in [2.45, 2.75) is 37.9 Å². The summed E-state index contributed by atoms with van der Waals surface area (Å²) in [5.41, 5.74) is 7.68. The summed E-state index contributed by atoms with van der Waals surface area (Å²) in [6.07, 6.45) is 0.140. The van der Waals surface area contributed by atoms with Gasteiger partial charge in [-0.15, -0.1) is 0 Å². The summed E-state index contributed by atoms with van der Waals surface area (Å²) in [5, 5.41) is 21.9. The summed E-state index contributed by atoms with van der Waals surface area (Å²) in [7, 11) is 1.51. The van der Waals surface area contributed by atoms with Gasteiger partial charge in [0.2, 0.25) is 29.5 Å². The third-order valence-corrected chi connectivity index (χ3v) is 6.71. The molecule has 3 atom stereocenters. The Morgan fingerprint density at radius 1 is 0.761 bits per heavy atom. The fourth-order valence-electron chi connectivity index (χ4n) is 4.17. The number of anilines is 1. The van der Waals surface area contributed by atoms with E-state index in [4.69, 9.17) is 10.5 Å². The van der Waals surface area contributed by atoms with Crippen molar-refractivity contribution >= 4 is 35.2 Å². The fraction of sp³-hybridized carbons (Fsp3) is 0.281. The number of phenols is 1. The number of halogens is 1. The maximum Gasteiger partial charge on any atom is 0.243 e. The zero-order valence-corrected chi connectivity index (χ0v) is 25.3. The summed E-state index contributed by atoms with van der Waals surface area (Å²) < 4.78 is 18.5. The molecule has 14 heteroatoms. The SMILES string of the molecule is COc1ccc(NC(=O)CNC(=O)[C@H](Cc2ccc(F)cc2)NC(=O)CNC(=O)[C@@H](C)NC(=O)[C@@H](N)Cc2ccc(O)cc2)cc1. The lowest BCUT2D eigenvalue weighted by Gasteiger charge is -2.20. The normalized spacial score (nSPS) is 12.5. The lowest BCUT2D eigenvalue weighted by molar-refractivity contribution is -0.131. The monoisotopic (exact) mass is 636 g/mol. The van der Waals surface area contributed by atoms with Crippen LogP contribution in [0, 0.1) is 5.82 Å². The van der Waals surface area contributed by atoms with Gasteiger partial charge in [-0.3, -0.25) is 24.0 Å². The Morgan fingerprint density at radius 3 is 1.96 bits per heavy atom. The molecule has 0 spiro atoms. The number of hydrogen-bond acceptors (Lipinski definition) is 8. The Hall–Kier alpha value is -5.50. The highest BCUT2D eigenvalue weighted by Crippen LogP contribution is 2.15. The smallest absolute Gasteiger partial charge is 0.243 e. The van der Waals surface area contributed by atoms with E-state index in [2.05, 4.69) is 26.6 Å². The Bertz CT molecular complexity index is 1500. The zero-order chi connectivity index (χ0) is 33.6. The van der Waals surface area contributed by atoms with E-state index >= 15 is 0 Å². The van der Waals surface area contributed by atoms with Gasteiger partial charge in [-0.1, -0.05) is 24.3 Å². The van der Waals surface area contributed by atoms with E-state index in [0.29, 0.717) is 22.6 Å². The maximum absolute atomic E-state index is 13.4. The van der Waals surface area contributed by atoms with Gasteiger partial charge < -0.3 is 42.2 Å². The molecule has 3 rings (SSSR count). The number of carbonyl (C=O) groups is 5. The average molecular weight is 637 g/mol. The van der Waals surface area contributed by atoms with Crippen LogP contribution in [0.5, 0.6) is 11.5 Å². The predicted molar refractivity (Wildman–Crippen MR) is 167 cm³/mol. The van der Waals surface area contributed by atoms with Gasteiger partial charge in [-0.05, 0) is 73.0 Å². The maximum atomic E-state index is 13.4. The second-order valence-corrected chi connectivity index (χ2v) is 10.4. The first kappa shape index (κ1) is 35.0. The highest BCUT2D eigenvalue weighted by molar-refractivity contribution is 5.97. The molecule has 0 aliphatic heterocycles. The molecule has 3 aromatic carbocycles. The van der Waals surface area contributed by atoms with Crippen LogP contribution < -0.4 is 37.1 Å². The van der Waals surface area contributed by atoms with Crippen molar-refractivity contribution in [1.29, 1.82) is 0 Å². The van der Waals surface area contributed by atoms with Crippen LogP contribution in [0.25, 0.3) is 0 Å². The van der Waals surface area contributed by atoms with E-state index < -0.39 is 66.6 Å². The van der Waals surface area contributed by atoms with Crippen LogP contribution in [0.15, 0.2) is 72.8 Å². The lowest BCUT2D eigenvalue weighted by atomic mass is 10.0. The molecule has 0 aliphatic rings. The van der Waals surface area contributed by atoms with Gasteiger partial charge in [-0.25, -0.2) is 4.39 Å². The van der Waals surface area contributed by atoms with Crippen molar-refractivity contribution in [1.82, 2.24) is 21.3 Å². The van der Waals surface area contributed by atoms with Crippen LogP contribution in [-0.2, 0) is 36.8 Å². The molecule has 0 saturated heterocycles. The minimum Gasteiger partial charge on any atom is -0.508 e. The fourth-order valence-corrected chi connectivity index (χ4v) is 4.17. The molecule has 5 amide bonds. The molecule has 0 aromatic heterocycles. The molecule has 13 nitrogen and oxygen atoms in total. The van der Waals surface area contributed by atoms with Crippen molar-refractivity contribution in [2.24, 2.45) is 5.73 Å². The van der Waals surface area contributed by atoms with E-state index in [1.54, 1.807) is 36.4 Å². The Balaban J connectivity index is 1.51. The molecule has 0 aliphatic carbocycles. The standard InChI is InChI=1S/C32H37FN6O7/c1-19(37-31(44)26(34)15-20-5-11-24(40)12-6-20)30(43)35-18-29(42)39-27(16-21-3-7-22(33)8-4-21)32(45)36-17-28(41)38-23-9-13-25(46-2)14-10-23/h3-14,19,26-27,40H,15-18,34H2,1-2H3,(H,35,43)(H,36,45)(H,37,44)(H,38,41)(H,39,42)/t19-,26+,27+/m1/s1. The number of amides is 5. The molecule has 0 saturated carbocycles. The first-order valence-electron chi connectivity index (χ1n) is 14.3. The number of hydrogen-bond donors (Lipinski definition) is 7. The number of carbonyl (C=O) groups excluding carboxylic acids is 5. The summed E-state index contributed by atoms with van der Waals surface area (Å²) in [6.45, 7) is 0.493. The van der Waals surface area contributed by atoms with Gasteiger partial charge in [0.1, 0.15) is 29.4 Å². The first-order valence-corrected chi connectivity index (χ1v) is 14.3. The van der Waals surface area contributed by atoms with Gasteiger partial charge in [0.05, 0.1) is 26.2 Å². The Morgan fingerprint density at radius 2 is 1.33 bits per heavy atom. The number of nitrogens with one attached hydrogen (secondary N) is 5. The van der Waals surface area contributed by atoms with Crippen molar-refractivity contribution in [2.75, 3.05) is 25.5 Å². The summed E-state index contributed by atoms with van der Waals surface area (Å²) in [6, 6.07) is 14.9. The number of phenolic OH excluding ortho intramolecular Hbond substituents is 1. The van der Waals surface area contributed by atoms with Gasteiger partial charge in [-0.2, -0.15) is 0 Å². The molecule has 3 aromatic rings. The molecule has 46 heavy (non-hydrogen) atoms. The van der Waals surface area contributed by atoms with E-state index in [-0.39, 0.29) is 18.6 Å². The summed E-state index contributed by atoms with van der Waals surface area (Å²) in [5.74, 6) is -2.98. The predicted octanol–water partition coefficient (Wildman–Crippen LogP) is 0.513. The third kappa shape index (κ3) is 11.5. The van der Waals surface area contributed by atoms with Gasteiger partial charge in [0.25, 0.3) is 0 Å². The van der Waals surface area contributed by atoms with Gasteiger partial charge in [0.15, 0.2) is 0 Å². The van der Waals surface area contributed by atoms with E-state index in [1.807, 2.05) is 0 Å². The molecule has 0 fully saturated rings. The van der Waals surface area contributed by atoms with Crippen molar-refractivity contribution in [3.05, 3.63) is 89.7 Å². The van der Waals surface area contributed by atoms with Crippen LogP contribution in [0.1, 0.15) is 18.1 Å². The van der Waals surface area contributed by atoms with E-state index in [1.165, 1.54) is 50.4 Å². The number of methoxy groups -OCH3 is 1. The number of benzene rings is 3. The van der Waals surface area contributed by atoms with Crippen LogP contribution in [0.4, 0.5) is 10.1 Å². The summed E-state index contributed by atoms with van der Waals surface area (Å²) >= 11 is 0. The molecule has 8 N–H and O–H groups in total. The van der Waals surface area contributed by atoms with Crippen LogP contribution in [-0.4, -0.2) is 73.0 Å². The second kappa shape index (κ2) is 17.1. The third-order valence-electron chi connectivity index (χ3n) is 6.71. The largest absolute Gasteiger partial charge is 0.508 e.